The number of nitrogens with zero attached hydrogens (tertiary/aromatic N) is 3. The standard InChI is InChI=1S/C18H26N4O3/c1-11-15(16(20-19-11)12-3-4-12)18(24)21-9-13-5-6-14(10-21)22(17(13)23)7-8-25-2/h12-14H,3-10H2,1-2H3,(H,19,20)/t13-,14+/m1/s1. The van der Waals surface area contributed by atoms with Crippen LogP contribution in [0.25, 0.3) is 0 Å². The van der Waals surface area contributed by atoms with E-state index in [0.717, 1.165) is 42.6 Å². The number of carbonyl (C=O) groups excluding carboxylic acids is 2. The molecule has 1 aromatic heterocycles. The van der Waals surface area contributed by atoms with E-state index in [9.17, 15) is 9.59 Å². The number of nitrogens with one attached hydrogen (secondary N) is 1. The normalized spacial score (nSPS) is 26.2. The minimum absolute atomic E-state index is 0.0337. The van der Waals surface area contributed by atoms with Crippen molar-refractivity contribution in [2.24, 2.45) is 5.92 Å². The molecule has 7 heteroatoms. The SMILES string of the molecule is COCCN1C(=O)[C@@H]2CC[C@H]1CN(C(=O)c1c(C3CC3)n[nH]c1C)C2. The Morgan fingerprint density at radius 2 is 2.00 bits per heavy atom. The third-order valence-electron chi connectivity index (χ3n) is 5.77. The van der Waals surface area contributed by atoms with E-state index >= 15 is 0 Å². The molecule has 136 valence electrons. The molecule has 1 aliphatic carbocycles. The molecule has 0 radical (unpaired) electrons. The highest BCUT2D eigenvalue weighted by atomic mass is 16.5. The minimum Gasteiger partial charge on any atom is -0.383 e. The zero-order chi connectivity index (χ0) is 17.6. The molecule has 7 nitrogen and oxygen atoms in total. The van der Waals surface area contributed by atoms with E-state index < -0.39 is 0 Å². The van der Waals surface area contributed by atoms with Gasteiger partial charge in [-0.2, -0.15) is 5.10 Å². The van der Waals surface area contributed by atoms with Gasteiger partial charge in [0.1, 0.15) is 0 Å². The van der Waals surface area contributed by atoms with E-state index in [1.54, 1.807) is 7.11 Å². The Morgan fingerprint density at radius 1 is 1.24 bits per heavy atom. The quantitative estimate of drug-likeness (QED) is 0.872. The molecular formula is C18H26N4O3. The summed E-state index contributed by atoms with van der Waals surface area (Å²) in [5, 5.41) is 7.36. The number of carbonyl (C=O) groups is 2. The number of hydrogen-bond donors (Lipinski definition) is 1. The van der Waals surface area contributed by atoms with Gasteiger partial charge in [-0.25, -0.2) is 0 Å². The molecule has 0 spiro atoms. The number of aryl methyl sites for hydroxylation is 1. The Morgan fingerprint density at radius 3 is 2.72 bits per heavy atom. The van der Waals surface area contributed by atoms with Gasteiger partial charge >= 0.3 is 0 Å². The van der Waals surface area contributed by atoms with Crippen LogP contribution in [0, 0.1) is 12.8 Å². The molecule has 0 aromatic carbocycles. The van der Waals surface area contributed by atoms with Crippen LogP contribution in [-0.4, -0.2) is 71.2 Å². The summed E-state index contributed by atoms with van der Waals surface area (Å²) in [6.45, 7) is 4.19. The van der Waals surface area contributed by atoms with Crippen molar-refractivity contribution < 1.29 is 14.3 Å². The van der Waals surface area contributed by atoms with Gasteiger partial charge in [0.2, 0.25) is 5.91 Å². The van der Waals surface area contributed by atoms with Crippen LogP contribution >= 0.6 is 0 Å². The number of ether oxygens (including phenoxy) is 1. The largest absolute Gasteiger partial charge is 0.383 e. The first kappa shape index (κ1) is 16.6. The minimum atomic E-state index is -0.0869. The highest BCUT2D eigenvalue weighted by Crippen LogP contribution is 2.41. The van der Waals surface area contributed by atoms with E-state index in [4.69, 9.17) is 4.74 Å². The molecule has 4 aliphatic rings. The van der Waals surface area contributed by atoms with Crippen molar-refractivity contribution in [3.8, 4) is 0 Å². The van der Waals surface area contributed by atoms with Gasteiger partial charge in [0.15, 0.2) is 0 Å². The number of aromatic nitrogens is 2. The topological polar surface area (TPSA) is 78.5 Å². The van der Waals surface area contributed by atoms with E-state index in [0.29, 0.717) is 32.2 Å². The Hall–Kier alpha value is -1.89. The highest BCUT2D eigenvalue weighted by molar-refractivity contribution is 5.97. The smallest absolute Gasteiger partial charge is 0.257 e. The molecular weight excluding hydrogens is 320 g/mol. The maximum Gasteiger partial charge on any atom is 0.257 e. The highest BCUT2D eigenvalue weighted by Gasteiger charge is 2.43. The predicted octanol–water partition coefficient (Wildman–Crippen LogP) is 1.30. The van der Waals surface area contributed by atoms with Gasteiger partial charge in [0.25, 0.3) is 5.91 Å². The molecule has 2 atom stereocenters. The van der Waals surface area contributed by atoms with Crippen molar-refractivity contribution in [1.29, 1.82) is 0 Å². The summed E-state index contributed by atoms with van der Waals surface area (Å²) in [6, 6.07) is 0.0990. The molecule has 5 rings (SSSR count). The Bertz CT molecular complexity index is 682. The zero-order valence-corrected chi connectivity index (χ0v) is 15.0. The van der Waals surface area contributed by atoms with Crippen molar-refractivity contribution in [2.75, 3.05) is 33.4 Å². The molecule has 2 amide bonds. The van der Waals surface area contributed by atoms with Crippen LogP contribution < -0.4 is 0 Å². The van der Waals surface area contributed by atoms with Gasteiger partial charge in [-0.05, 0) is 32.6 Å². The summed E-state index contributed by atoms with van der Waals surface area (Å²) < 4.78 is 5.15. The van der Waals surface area contributed by atoms with Gasteiger partial charge in [-0.3, -0.25) is 14.7 Å². The summed E-state index contributed by atoms with van der Waals surface area (Å²) >= 11 is 0. The average Bonchev–Trinajstić information content (AvgIpc) is 3.41. The van der Waals surface area contributed by atoms with Gasteiger partial charge in [-0.1, -0.05) is 0 Å². The number of methoxy groups -OCH3 is 1. The molecule has 2 bridgehead atoms. The lowest BCUT2D eigenvalue weighted by Gasteiger charge is -2.35. The van der Waals surface area contributed by atoms with E-state index in [-0.39, 0.29) is 23.8 Å². The molecule has 1 N–H and O–H groups in total. The van der Waals surface area contributed by atoms with Crippen molar-refractivity contribution in [3.05, 3.63) is 17.0 Å². The maximum atomic E-state index is 13.2. The molecule has 3 saturated heterocycles. The van der Waals surface area contributed by atoms with E-state index in [1.165, 1.54) is 0 Å². The maximum absolute atomic E-state index is 13.2. The second kappa shape index (κ2) is 6.44. The first-order valence-corrected chi connectivity index (χ1v) is 9.23. The Balaban J connectivity index is 1.57. The Kier molecular flexibility index (Phi) is 4.27. The third kappa shape index (κ3) is 2.94. The van der Waals surface area contributed by atoms with Crippen LogP contribution in [0.5, 0.6) is 0 Å². The third-order valence-corrected chi connectivity index (χ3v) is 5.77. The van der Waals surface area contributed by atoms with Gasteiger partial charge in [0, 0.05) is 44.4 Å². The summed E-state index contributed by atoms with van der Waals surface area (Å²) in [6.07, 6.45) is 4.05. The summed E-state index contributed by atoms with van der Waals surface area (Å²) in [5.74, 6) is 0.546. The first-order chi connectivity index (χ1) is 12.1. The molecule has 4 heterocycles. The van der Waals surface area contributed by atoms with Crippen LogP contribution in [0.3, 0.4) is 0 Å². The first-order valence-electron chi connectivity index (χ1n) is 9.23. The van der Waals surface area contributed by atoms with Crippen molar-refractivity contribution in [1.82, 2.24) is 20.0 Å². The fourth-order valence-electron chi connectivity index (χ4n) is 4.22. The van der Waals surface area contributed by atoms with Gasteiger partial charge in [-0.15, -0.1) is 0 Å². The van der Waals surface area contributed by atoms with Crippen molar-refractivity contribution in [2.45, 2.75) is 44.6 Å². The number of rotatable bonds is 5. The van der Waals surface area contributed by atoms with Crippen LogP contribution in [0.15, 0.2) is 0 Å². The molecule has 0 unspecified atom stereocenters. The monoisotopic (exact) mass is 346 g/mol. The predicted molar refractivity (Wildman–Crippen MR) is 91.3 cm³/mol. The summed E-state index contributed by atoms with van der Waals surface area (Å²) in [5.41, 5.74) is 2.49. The molecule has 4 fully saturated rings. The number of H-pyrrole nitrogens is 1. The summed E-state index contributed by atoms with van der Waals surface area (Å²) in [4.78, 5) is 29.8. The number of hydrogen-bond acceptors (Lipinski definition) is 4. The number of piperidine rings is 1. The van der Waals surface area contributed by atoms with Crippen molar-refractivity contribution in [3.63, 3.8) is 0 Å². The van der Waals surface area contributed by atoms with E-state index in [2.05, 4.69) is 10.2 Å². The molecule has 25 heavy (non-hydrogen) atoms. The number of amides is 2. The fourth-order valence-corrected chi connectivity index (χ4v) is 4.22. The molecule has 1 saturated carbocycles. The van der Waals surface area contributed by atoms with Crippen LogP contribution in [0.1, 0.15) is 53.3 Å². The van der Waals surface area contributed by atoms with Gasteiger partial charge in [0.05, 0.1) is 23.8 Å². The van der Waals surface area contributed by atoms with Crippen LogP contribution in [-0.2, 0) is 9.53 Å². The lowest BCUT2D eigenvalue weighted by atomic mass is 9.94. The number of fused-ring (bicyclic) bond motifs is 4. The second-order valence-corrected chi connectivity index (χ2v) is 7.55. The second-order valence-electron chi connectivity index (χ2n) is 7.55. The fraction of sp³-hybridized carbons (Fsp3) is 0.722. The van der Waals surface area contributed by atoms with Crippen LogP contribution in [0.4, 0.5) is 0 Å². The van der Waals surface area contributed by atoms with E-state index in [1.807, 2.05) is 16.7 Å². The molecule has 1 aromatic rings. The number of aromatic amines is 1. The average molecular weight is 346 g/mol. The lowest BCUT2D eigenvalue weighted by molar-refractivity contribution is -0.140. The Labute approximate surface area is 147 Å². The molecule has 3 aliphatic heterocycles. The zero-order valence-electron chi connectivity index (χ0n) is 15.0. The van der Waals surface area contributed by atoms with Crippen LogP contribution in [0.2, 0.25) is 0 Å². The lowest BCUT2D eigenvalue weighted by Crippen LogP contribution is -2.49. The van der Waals surface area contributed by atoms with Gasteiger partial charge < -0.3 is 14.5 Å². The summed E-state index contributed by atoms with van der Waals surface area (Å²) in [7, 11) is 1.65. The van der Waals surface area contributed by atoms with Crippen molar-refractivity contribution >= 4 is 11.8 Å².